The van der Waals surface area contributed by atoms with Crippen molar-refractivity contribution in [2.75, 3.05) is 26.2 Å². The van der Waals surface area contributed by atoms with Crippen molar-refractivity contribution in [3.05, 3.63) is 45.0 Å². The minimum absolute atomic E-state index is 0. The van der Waals surface area contributed by atoms with Gasteiger partial charge in [0.1, 0.15) is 17.1 Å². The molecule has 3 rings (SSSR count). The highest BCUT2D eigenvalue weighted by Gasteiger charge is 2.28. The van der Waals surface area contributed by atoms with Crippen LogP contribution in [0.2, 0.25) is 0 Å². The molecule has 3 N–H and O–H groups in total. The second kappa shape index (κ2) is 11.0. The zero-order chi connectivity index (χ0) is 21.0. The lowest BCUT2D eigenvalue weighted by atomic mass is 9.96. The molecule has 0 saturated heterocycles. The van der Waals surface area contributed by atoms with E-state index in [4.69, 9.17) is 4.42 Å². The Kier molecular flexibility index (Phi) is 9.20. The van der Waals surface area contributed by atoms with E-state index in [1.54, 1.807) is 6.92 Å². The molecule has 2 unspecified atom stereocenters. The Morgan fingerprint density at radius 1 is 1.40 bits per heavy atom. The molecule has 0 bridgehead atoms. The summed E-state index contributed by atoms with van der Waals surface area (Å²) in [5.74, 6) is 2.27. The number of guanidine groups is 1. The summed E-state index contributed by atoms with van der Waals surface area (Å²) in [4.78, 5) is 8.69. The Balaban J connectivity index is 0.00000320. The van der Waals surface area contributed by atoms with Gasteiger partial charge in [0.05, 0.1) is 6.54 Å². The lowest BCUT2D eigenvalue weighted by molar-refractivity contribution is 0.0656. The number of nitrogens with zero attached hydrogens (tertiary/aromatic N) is 2. The Labute approximate surface area is 201 Å². The molecule has 0 amide bonds. The maximum Gasteiger partial charge on any atom is 0.191 e. The summed E-state index contributed by atoms with van der Waals surface area (Å²) >= 11 is 1.87. The lowest BCUT2D eigenvalue weighted by Crippen LogP contribution is -2.47. The Morgan fingerprint density at radius 3 is 2.83 bits per heavy atom. The van der Waals surface area contributed by atoms with Gasteiger partial charge >= 0.3 is 0 Å². The fraction of sp³-hybridized carbons (Fsp3) is 0.591. The maximum atomic E-state index is 10.9. The highest BCUT2D eigenvalue weighted by Crippen LogP contribution is 2.27. The first-order valence-electron chi connectivity index (χ1n) is 10.4. The molecule has 2 atom stereocenters. The summed E-state index contributed by atoms with van der Waals surface area (Å²) in [6.07, 6.45) is 1.14. The number of aliphatic imine (C=N–C) groups is 1. The van der Waals surface area contributed by atoms with Gasteiger partial charge in [-0.25, -0.2) is 4.99 Å². The van der Waals surface area contributed by atoms with Gasteiger partial charge in [-0.2, -0.15) is 0 Å². The van der Waals surface area contributed by atoms with Crippen LogP contribution in [0.15, 0.2) is 26.9 Å². The van der Waals surface area contributed by atoms with E-state index in [2.05, 4.69) is 38.9 Å². The molecule has 168 valence electrons. The van der Waals surface area contributed by atoms with Crippen LogP contribution in [-0.2, 0) is 18.6 Å². The van der Waals surface area contributed by atoms with Crippen LogP contribution in [0.4, 0.5) is 0 Å². The number of hydrogen-bond donors (Lipinski definition) is 3. The highest BCUT2D eigenvalue weighted by atomic mass is 127. The van der Waals surface area contributed by atoms with Crippen molar-refractivity contribution in [1.82, 2.24) is 15.5 Å². The van der Waals surface area contributed by atoms with Gasteiger partial charge in [-0.15, -0.1) is 35.3 Å². The highest BCUT2D eigenvalue weighted by molar-refractivity contribution is 14.0. The van der Waals surface area contributed by atoms with E-state index < -0.39 is 5.60 Å². The predicted octanol–water partition coefficient (Wildman–Crippen LogP) is 3.79. The van der Waals surface area contributed by atoms with Crippen molar-refractivity contribution < 1.29 is 9.52 Å². The normalized spacial score (nSPS) is 17.6. The first-order valence-corrected chi connectivity index (χ1v) is 11.3. The molecule has 0 aromatic carbocycles. The molecule has 6 nitrogen and oxygen atoms in total. The minimum Gasteiger partial charge on any atom is -0.466 e. The second-order valence-corrected chi connectivity index (χ2v) is 9.12. The van der Waals surface area contributed by atoms with Crippen LogP contribution in [0, 0.1) is 13.8 Å². The molecule has 0 fully saturated rings. The van der Waals surface area contributed by atoms with E-state index in [9.17, 15) is 5.11 Å². The predicted molar refractivity (Wildman–Crippen MR) is 135 cm³/mol. The first kappa shape index (κ1) is 25.2. The third-order valence-corrected chi connectivity index (χ3v) is 6.56. The number of aryl methyl sites for hydroxylation is 2. The van der Waals surface area contributed by atoms with Crippen LogP contribution in [0.25, 0.3) is 0 Å². The second-order valence-electron chi connectivity index (χ2n) is 8.12. The summed E-state index contributed by atoms with van der Waals surface area (Å²) in [5, 5.41) is 19.8. The monoisotopic (exact) mass is 546 g/mol. The van der Waals surface area contributed by atoms with E-state index in [-0.39, 0.29) is 30.5 Å². The van der Waals surface area contributed by atoms with Crippen molar-refractivity contribution in [1.29, 1.82) is 0 Å². The van der Waals surface area contributed by atoms with Gasteiger partial charge in [-0.3, -0.25) is 4.90 Å². The fourth-order valence-electron chi connectivity index (χ4n) is 3.85. The number of rotatable bonds is 7. The number of halogens is 1. The van der Waals surface area contributed by atoms with Crippen LogP contribution in [0.3, 0.4) is 0 Å². The lowest BCUT2D eigenvalue weighted by Gasteiger charge is -2.33. The molecule has 0 spiro atoms. The first-order chi connectivity index (χ1) is 13.8. The fourth-order valence-corrected chi connectivity index (χ4v) is 4.74. The van der Waals surface area contributed by atoms with Gasteiger partial charge in [0.15, 0.2) is 5.96 Å². The number of hydrogen-bond acceptors (Lipinski definition) is 5. The van der Waals surface area contributed by atoms with E-state index in [0.717, 1.165) is 55.6 Å². The molecule has 0 aliphatic carbocycles. The van der Waals surface area contributed by atoms with Gasteiger partial charge in [0.25, 0.3) is 0 Å². The molecule has 1 aliphatic heterocycles. The number of thiophene rings is 1. The smallest absolute Gasteiger partial charge is 0.191 e. The summed E-state index contributed by atoms with van der Waals surface area (Å²) in [6, 6.07) is 4.54. The average molecular weight is 547 g/mol. The molecule has 30 heavy (non-hydrogen) atoms. The molecule has 2 aromatic rings. The van der Waals surface area contributed by atoms with Gasteiger partial charge in [0, 0.05) is 42.7 Å². The summed E-state index contributed by atoms with van der Waals surface area (Å²) in [7, 11) is 0. The SMILES string of the molecule is CCNC(=NCC(C)(O)c1cc(C)oc1C)NCC(C)N1CCc2sccc2C1.I. The molecule has 1 aliphatic rings. The van der Waals surface area contributed by atoms with Crippen molar-refractivity contribution in [2.24, 2.45) is 4.99 Å². The van der Waals surface area contributed by atoms with Gasteiger partial charge in [0.2, 0.25) is 0 Å². The third kappa shape index (κ3) is 6.21. The Hall–Kier alpha value is -1.10. The number of nitrogens with one attached hydrogen (secondary N) is 2. The van der Waals surface area contributed by atoms with Gasteiger partial charge < -0.3 is 20.2 Å². The summed E-state index contributed by atoms with van der Waals surface area (Å²) in [5.41, 5.74) is 1.19. The number of aliphatic hydroxyl groups is 1. The Morgan fingerprint density at radius 2 is 2.17 bits per heavy atom. The van der Waals surface area contributed by atoms with Crippen LogP contribution < -0.4 is 10.6 Å². The van der Waals surface area contributed by atoms with E-state index in [1.807, 2.05) is 38.2 Å². The van der Waals surface area contributed by atoms with E-state index >= 15 is 0 Å². The third-order valence-electron chi connectivity index (χ3n) is 5.54. The number of fused-ring (bicyclic) bond motifs is 1. The molecule has 0 saturated carbocycles. The topological polar surface area (TPSA) is 73.0 Å². The molecule has 2 aromatic heterocycles. The van der Waals surface area contributed by atoms with Crippen molar-refractivity contribution in [2.45, 2.75) is 59.2 Å². The molecule has 8 heteroatoms. The molecular weight excluding hydrogens is 511 g/mol. The van der Waals surface area contributed by atoms with Crippen LogP contribution in [0.5, 0.6) is 0 Å². The summed E-state index contributed by atoms with van der Waals surface area (Å²) in [6.45, 7) is 13.8. The quantitative estimate of drug-likeness (QED) is 0.280. The largest absolute Gasteiger partial charge is 0.466 e. The van der Waals surface area contributed by atoms with Crippen LogP contribution in [0.1, 0.15) is 48.3 Å². The molecule has 0 radical (unpaired) electrons. The average Bonchev–Trinajstić information content (AvgIpc) is 3.29. The van der Waals surface area contributed by atoms with E-state index in [1.165, 1.54) is 10.4 Å². The van der Waals surface area contributed by atoms with Crippen molar-refractivity contribution in [3.8, 4) is 0 Å². The van der Waals surface area contributed by atoms with Gasteiger partial charge in [-0.1, -0.05) is 0 Å². The maximum absolute atomic E-state index is 10.9. The minimum atomic E-state index is -1.07. The molecular formula is C22H35IN4O2S. The summed E-state index contributed by atoms with van der Waals surface area (Å²) < 4.78 is 5.58. The van der Waals surface area contributed by atoms with Crippen molar-refractivity contribution >= 4 is 41.3 Å². The van der Waals surface area contributed by atoms with E-state index in [0.29, 0.717) is 6.04 Å². The van der Waals surface area contributed by atoms with Crippen molar-refractivity contribution in [3.63, 3.8) is 0 Å². The molecule has 3 heterocycles. The zero-order valence-electron chi connectivity index (χ0n) is 18.6. The standard InChI is InChI=1S/C22H34N4O2S.HI/c1-6-23-21(25-14-22(5,27)19-11-16(3)28-17(19)4)24-12-15(2)26-9-7-20-18(13-26)8-10-29-20;/h8,10-11,15,27H,6-7,9,12-14H2,1-5H3,(H2,23,24,25);1H. The van der Waals surface area contributed by atoms with Crippen LogP contribution in [-0.4, -0.2) is 48.2 Å². The Bertz CT molecular complexity index is 846. The van der Waals surface area contributed by atoms with Gasteiger partial charge in [-0.05, 0) is 64.1 Å². The number of furan rings is 1. The van der Waals surface area contributed by atoms with Crippen LogP contribution >= 0.6 is 35.3 Å². The zero-order valence-corrected chi connectivity index (χ0v) is 21.8.